The van der Waals surface area contributed by atoms with Crippen LogP contribution in [0.25, 0.3) is 0 Å². The van der Waals surface area contributed by atoms with Gasteiger partial charge in [0.15, 0.2) is 5.11 Å². The molecule has 0 atom stereocenters. The van der Waals surface area contributed by atoms with E-state index in [4.69, 9.17) is 17.0 Å². The molecular weight excluding hydrogens is 196 g/mol. The normalized spacial score (nSPS) is 10.4. The largest absolute Gasteiger partial charge is 0.383 e. The molecule has 0 aliphatic rings. The molecule has 0 aromatic heterocycles. The van der Waals surface area contributed by atoms with Crippen LogP contribution in [0.2, 0.25) is 0 Å². The maximum Gasteiger partial charge on any atom is 0.169 e. The molecule has 0 fully saturated rings. The van der Waals surface area contributed by atoms with Gasteiger partial charge in [-0.25, -0.2) is 0 Å². The standard InChI is InChI=1S/C10H22N2OS/c1-5-12(6-7-13-4)10(14)11-8-9(2)3/h9H,5-8H2,1-4H3,(H,11,14). The van der Waals surface area contributed by atoms with Crippen molar-refractivity contribution in [1.82, 2.24) is 10.2 Å². The van der Waals surface area contributed by atoms with Crippen molar-refractivity contribution in [2.24, 2.45) is 5.92 Å². The summed E-state index contributed by atoms with van der Waals surface area (Å²) in [5.41, 5.74) is 0. The number of likely N-dealkylation sites (N-methyl/N-ethyl adjacent to an activating group) is 1. The Labute approximate surface area is 92.8 Å². The van der Waals surface area contributed by atoms with Crippen LogP contribution in [-0.2, 0) is 4.74 Å². The zero-order valence-corrected chi connectivity index (χ0v) is 10.5. The highest BCUT2D eigenvalue weighted by Crippen LogP contribution is 1.93. The second-order valence-electron chi connectivity index (χ2n) is 3.65. The molecule has 0 aliphatic carbocycles. The zero-order chi connectivity index (χ0) is 11.0. The average Bonchev–Trinajstić information content (AvgIpc) is 2.16. The number of hydrogen-bond donors (Lipinski definition) is 1. The SMILES string of the molecule is CCN(CCOC)C(=S)NCC(C)C. The molecule has 0 rings (SSSR count). The minimum Gasteiger partial charge on any atom is -0.383 e. The second-order valence-corrected chi connectivity index (χ2v) is 4.04. The summed E-state index contributed by atoms with van der Waals surface area (Å²) in [6.07, 6.45) is 0. The third-order valence-electron chi connectivity index (χ3n) is 1.90. The molecule has 0 aliphatic heterocycles. The fourth-order valence-corrected chi connectivity index (χ4v) is 1.31. The van der Waals surface area contributed by atoms with Gasteiger partial charge in [-0.2, -0.15) is 0 Å². The predicted molar refractivity (Wildman–Crippen MR) is 64.6 cm³/mol. The highest BCUT2D eigenvalue weighted by Gasteiger charge is 2.06. The summed E-state index contributed by atoms with van der Waals surface area (Å²) in [4.78, 5) is 2.11. The Balaban J connectivity index is 3.79. The summed E-state index contributed by atoms with van der Waals surface area (Å²) in [7, 11) is 1.71. The van der Waals surface area contributed by atoms with Gasteiger partial charge >= 0.3 is 0 Å². The number of hydrogen-bond acceptors (Lipinski definition) is 2. The van der Waals surface area contributed by atoms with Gasteiger partial charge in [-0.05, 0) is 25.1 Å². The Bertz CT molecular complexity index is 162. The lowest BCUT2D eigenvalue weighted by Gasteiger charge is -2.24. The van der Waals surface area contributed by atoms with Gasteiger partial charge in [0.2, 0.25) is 0 Å². The number of ether oxygens (including phenoxy) is 1. The van der Waals surface area contributed by atoms with Crippen LogP contribution >= 0.6 is 12.2 Å². The Morgan fingerprint density at radius 3 is 2.57 bits per heavy atom. The first-order valence-electron chi connectivity index (χ1n) is 5.13. The fourth-order valence-electron chi connectivity index (χ4n) is 1.01. The first-order chi connectivity index (χ1) is 6.61. The van der Waals surface area contributed by atoms with Crippen molar-refractivity contribution < 1.29 is 4.74 Å². The molecule has 0 spiro atoms. The lowest BCUT2D eigenvalue weighted by Crippen LogP contribution is -2.42. The van der Waals surface area contributed by atoms with Crippen LogP contribution in [0.4, 0.5) is 0 Å². The monoisotopic (exact) mass is 218 g/mol. The topological polar surface area (TPSA) is 24.5 Å². The molecule has 0 aromatic rings. The minimum absolute atomic E-state index is 0.620. The molecule has 84 valence electrons. The molecule has 14 heavy (non-hydrogen) atoms. The van der Waals surface area contributed by atoms with Crippen molar-refractivity contribution in [3.05, 3.63) is 0 Å². The van der Waals surface area contributed by atoms with Crippen molar-refractivity contribution in [3.8, 4) is 0 Å². The summed E-state index contributed by atoms with van der Waals surface area (Å²) in [6.45, 7) is 9.87. The summed E-state index contributed by atoms with van der Waals surface area (Å²) in [5, 5.41) is 4.08. The van der Waals surface area contributed by atoms with E-state index >= 15 is 0 Å². The van der Waals surface area contributed by atoms with Crippen LogP contribution < -0.4 is 5.32 Å². The molecule has 0 bridgehead atoms. The smallest absolute Gasteiger partial charge is 0.169 e. The predicted octanol–water partition coefficient (Wildman–Crippen LogP) is 1.49. The Hall–Kier alpha value is -0.350. The fraction of sp³-hybridized carbons (Fsp3) is 0.900. The molecule has 0 radical (unpaired) electrons. The molecule has 0 saturated carbocycles. The number of methoxy groups -OCH3 is 1. The number of nitrogens with one attached hydrogen (secondary N) is 1. The number of nitrogens with zero attached hydrogens (tertiary/aromatic N) is 1. The van der Waals surface area contributed by atoms with Gasteiger partial charge in [0.05, 0.1) is 6.61 Å². The van der Waals surface area contributed by atoms with Gasteiger partial charge in [-0.3, -0.25) is 0 Å². The van der Waals surface area contributed by atoms with Crippen molar-refractivity contribution >= 4 is 17.3 Å². The lowest BCUT2D eigenvalue weighted by molar-refractivity contribution is 0.177. The van der Waals surface area contributed by atoms with Crippen molar-refractivity contribution in [3.63, 3.8) is 0 Å². The van der Waals surface area contributed by atoms with E-state index in [1.807, 2.05) is 0 Å². The van der Waals surface area contributed by atoms with Crippen LogP contribution in [0, 0.1) is 5.92 Å². The van der Waals surface area contributed by atoms with Gasteiger partial charge < -0.3 is 15.0 Å². The van der Waals surface area contributed by atoms with Gasteiger partial charge in [0.1, 0.15) is 0 Å². The number of thiocarbonyl (C=S) groups is 1. The molecule has 0 aromatic carbocycles. The number of rotatable bonds is 6. The lowest BCUT2D eigenvalue weighted by atomic mass is 10.2. The molecular formula is C10H22N2OS. The van der Waals surface area contributed by atoms with E-state index in [1.54, 1.807) is 7.11 Å². The van der Waals surface area contributed by atoms with Crippen LogP contribution in [0.1, 0.15) is 20.8 Å². The van der Waals surface area contributed by atoms with Crippen molar-refractivity contribution in [1.29, 1.82) is 0 Å². The molecule has 0 amide bonds. The Morgan fingerprint density at radius 2 is 2.14 bits per heavy atom. The van der Waals surface area contributed by atoms with E-state index in [-0.39, 0.29) is 0 Å². The van der Waals surface area contributed by atoms with Gasteiger partial charge in [-0.15, -0.1) is 0 Å². The summed E-state index contributed by atoms with van der Waals surface area (Å²) >= 11 is 5.27. The Morgan fingerprint density at radius 1 is 1.50 bits per heavy atom. The van der Waals surface area contributed by atoms with E-state index in [2.05, 4.69) is 31.0 Å². The highest BCUT2D eigenvalue weighted by atomic mass is 32.1. The maximum atomic E-state index is 5.27. The molecule has 1 N–H and O–H groups in total. The van der Waals surface area contributed by atoms with E-state index in [9.17, 15) is 0 Å². The van der Waals surface area contributed by atoms with Crippen molar-refractivity contribution in [2.45, 2.75) is 20.8 Å². The van der Waals surface area contributed by atoms with Crippen LogP contribution in [0.3, 0.4) is 0 Å². The molecule has 0 unspecified atom stereocenters. The van der Waals surface area contributed by atoms with Crippen LogP contribution in [-0.4, -0.2) is 43.4 Å². The van der Waals surface area contributed by atoms with Crippen LogP contribution in [0.5, 0.6) is 0 Å². The average molecular weight is 218 g/mol. The third kappa shape index (κ3) is 6.16. The summed E-state index contributed by atoms with van der Waals surface area (Å²) in [6, 6.07) is 0. The zero-order valence-electron chi connectivity index (χ0n) is 9.67. The van der Waals surface area contributed by atoms with Gasteiger partial charge in [0, 0.05) is 26.7 Å². The second kappa shape index (κ2) is 8.00. The van der Waals surface area contributed by atoms with E-state index in [1.165, 1.54) is 0 Å². The van der Waals surface area contributed by atoms with Gasteiger partial charge in [0.25, 0.3) is 0 Å². The van der Waals surface area contributed by atoms with Crippen molar-refractivity contribution in [2.75, 3.05) is 33.4 Å². The summed E-state index contributed by atoms with van der Waals surface area (Å²) in [5.74, 6) is 0.620. The van der Waals surface area contributed by atoms with E-state index in [0.717, 1.165) is 31.4 Å². The molecule has 4 heteroatoms. The summed E-state index contributed by atoms with van der Waals surface area (Å²) < 4.78 is 5.02. The minimum atomic E-state index is 0.620. The highest BCUT2D eigenvalue weighted by molar-refractivity contribution is 7.80. The molecule has 3 nitrogen and oxygen atoms in total. The molecule has 0 saturated heterocycles. The van der Waals surface area contributed by atoms with E-state index < -0.39 is 0 Å². The first-order valence-corrected chi connectivity index (χ1v) is 5.54. The van der Waals surface area contributed by atoms with E-state index in [0.29, 0.717) is 5.92 Å². The van der Waals surface area contributed by atoms with Gasteiger partial charge in [-0.1, -0.05) is 13.8 Å². The quantitative estimate of drug-likeness (QED) is 0.683. The van der Waals surface area contributed by atoms with Crippen LogP contribution in [0.15, 0.2) is 0 Å². The molecule has 0 heterocycles. The first kappa shape index (κ1) is 13.7. The maximum absolute atomic E-state index is 5.27. The Kier molecular flexibility index (Phi) is 7.80. The third-order valence-corrected chi connectivity index (χ3v) is 2.30.